The minimum absolute atomic E-state index is 0.00853. The lowest BCUT2D eigenvalue weighted by Crippen LogP contribution is -2.12. The van der Waals surface area contributed by atoms with Gasteiger partial charge >= 0.3 is 0 Å². The highest BCUT2D eigenvalue weighted by atomic mass is 16.5. The molecule has 1 aromatic heterocycles. The number of ether oxygens (including phenoxy) is 2. The summed E-state index contributed by atoms with van der Waals surface area (Å²) in [6, 6.07) is 7.80. The molecule has 1 saturated carbocycles. The molecule has 0 bridgehead atoms. The van der Waals surface area contributed by atoms with Crippen LogP contribution in [-0.2, 0) is 12.8 Å². The average molecular weight is 323 g/mol. The first-order valence-corrected chi connectivity index (χ1v) is 8.51. The minimum Gasteiger partial charge on any atom is -0.493 e. The maximum Gasteiger partial charge on any atom is 0.167 e. The molecule has 0 aliphatic heterocycles. The first kappa shape index (κ1) is 15.2. The Balaban J connectivity index is 1.55. The van der Waals surface area contributed by atoms with Crippen molar-refractivity contribution >= 4 is 5.78 Å². The van der Waals surface area contributed by atoms with Crippen LogP contribution in [0, 0.1) is 11.8 Å². The number of benzene rings is 1. The Morgan fingerprint density at radius 2 is 1.96 bits per heavy atom. The van der Waals surface area contributed by atoms with Crippen LogP contribution in [-0.4, -0.2) is 24.5 Å². The van der Waals surface area contributed by atoms with Gasteiger partial charge in [0.1, 0.15) is 0 Å². The molecule has 4 heteroatoms. The highest BCUT2D eigenvalue weighted by molar-refractivity contribution is 6.03. The van der Waals surface area contributed by atoms with E-state index in [1.165, 1.54) is 12.8 Å². The summed E-state index contributed by atoms with van der Waals surface area (Å²) in [5.41, 5.74) is 3.00. The van der Waals surface area contributed by atoms with Gasteiger partial charge in [0.15, 0.2) is 17.3 Å². The predicted molar refractivity (Wildman–Crippen MR) is 90.7 cm³/mol. The zero-order valence-electron chi connectivity index (χ0n) is 13.8. The number of carbonyl (C=O) groups is 1. The summed E-state index contributed by atoms with van der Waals surface area (Å²) in [5, 5.41) is 0. The molecule has 2 aromatic rings. The van der Waals surface area contributed by atoms with Crippen LogP contribution in [0.4, 0.5) is 0 Å². The van der Waals surface area contributed by atoms with Gasteiger partial charge in [-0.2, -0.15) is 0 Å². The predicted octanol–water partition coefficient (Wildman–Crippen LogP) is 3.48. The molecule has 1 fully saturated rings. The van der Waals surface area contributed by atoms with Crippen molar-refractivity contribution in [3.8, 4) is 11.5 Å². The SMILES string of the molecule is COc1cc2c(cc1OCC1CC1)CC(Cc1ccncc1)C2=O. The van der Waals surface area contributed by atoms with Gasteiger partial charge in [-0.3, -0.25) is 9.78 Å². The van der Waals surface area contributed by atoms with Crippen LogP contribution in [0.5, 0.6) is 11.5 Å². The summed E-state index contributed by atoms with van der Waals surface area (Å²) < 4.78 is 11.4. The fourth-order valence-corrected chi connectivity index (χ4v) is 3.31. The molecule has 1 aromatic carbocycles. The van der Waals surface area contributed by atoms with E-state index >= 15 is 0 Å². The maximum atomic E-state index is 12.7. The van der Waals surface area contributed by atoms with E-state index in [0.717, 1.165) is 41.9 Å². The van der Waals surface area contributed by atoms with Gasteiger partial charge in [-0.25, -0.2) is 0 Å². The number of hydrogen-bond acceptors (Lipinski definition) is 4. The zero-order valence-corrected chi connectivity index (χ0v) is 13.8. The van der Waals surface area contributed by atoms with E-state index in [1.54, 1.807) is 19.5 Å². The van der Waals surface area contributed by atoms with E-state index in [0.29, 0.717) is 11.7 Å². The Bertz CT molecular complexity index is 753. The molecular formula is C20H21NO3. The molecule has 4 rings (SSSR count). The van der Waals surface area contributed by atoms with E-state index in [2.05, 4.69) is 4.98 Å². The van der Waals surface area contributed by atoms with Crippen molar-refractivity contribution in [1.29, 1.82) is 0 Å². The van der Waals surface area contributed by atoms with Gasteiger partial charge in [0, 0.05) is 23.9 Å². The summed E-state index contributed by atoms with van der Waals surface area (Å²) in [6.45, 7) is 0.740. The maximum absolute atomic E-state index is 12.7. The summed E-state index contributed by atoms with van der Waals surface area (Å²) in [7, 11) is 1.62. The molecule has 4 nitrogen and oxygen atoms in total. The molecular weight excluding hydrogens is 302 g/mol. The quantitative estimate of drug-likeness (QED) is 0.816. The highest BCUT2D eigenvalue weighted by Crippen LogP contribution is 2.39. The van der Waals surface area contributed by atoms with Crippen LogP contribution in [0.2, 0.25) is 0 Å². The third-order valence-electron chi connectivity index (χ3n) is 4.89. The summed E-state index contributed by atoms with van der Waals surface area (Å²) in [5.74, 6) is 2.30. The molecule has 0 N–H and O–H groups in total. The molecule has 0 saturated heterocycles. The lowest BCUT2D eigenvalue weighted by molar-refractivity contribution is 0.0936. The van der Waals surface area contributed by atoms with Gasteiger partial charge < -0.3 is 9.47 Å². The fourth-order valence-electron chi connectivity index (χ4n) is 3.31. The number of fused-ring (bicyclic) bond motifs is 1. The molecule has 0 radical (unpaired) electrons. The summed E-state index contributed by atoms with van der Waals surface area (Å²) in [6.07, 6.45) is 7.56. The Kier molecular flexibility index (Phi) is 3.97. The van der Waals surface area contributed by atoms with E-state index in [4.69, 9.17) is 9.47 Å². The molecule has 0 amide bonds. The normalized spacial score (nSPS) is 19.2. The number of ketones is 1. The van der Waals surface area contributed by atoms with E-state index in [-0.39, 0.29) is 11.7 Å². The van der Waals surface area contributed by atoms with Crippen molar-refractivity contribution in [3.05, 3.63) is 53.3 Å². The number of aromatic nitrogens is 1. The molecule has 1 heterocycles. The van der Waals surface area contributed by atoms with Crippen LogP contribution < -0.4 is 9.47 Å². The monoisotopic (exact) mass is 323 g/mol. The molecule has 0 spiro atoms. The topological polar surface area (TPSA) is 48.4 Å². The summed E-state index contributed by atoms with van der Waals surface area (Å²) >= 11 is 0. The molecule has 2 aliphatic rings. The molecule has 124 valence electrons. The largest absolute Gasteiger partial charge is 0.493 e. The van der Waals surface area contributed by atoms with Crippen LogP contribution in [0.25, 0.3) is 0 Å². The van der Waals surface area contributed by atoms with Crippen molar-refractivity contribution in [2.75, 3.05) is 13.7 Å². The van der Waals surface area contributed by atoms with Gasteiger partial charge in [0.25, 0.3) is 0 Å². The Labute approximate surface area is 141 Å². The van der Waals surface area contributed by atoms with Crippen molar-refractivity contribution in [2.45, 2.75) is 25.7 Å². The second kappa shape index (κ2) is 6.27. The van der Waals surface area contributed by atoms with Crippen LogP contribution >= 0.6 is 0 Å². The minimum atomic E-state index is -0.00853. The molecule has 1 unspecified atom stereocenters. The van der Waals surface area contributed by atoms with E-state index < -0.39 is 0 Å². The van der Waals surface area contributed by atoms with Gasteiger partial charge in [-0.05, 0) is 67.0 Å². The lowest BCUT2D eigenvalue weighted by atomic mass is 9.96. The lowest BCUT2D eigenvalue weighted by Gasteiger charge is -2.12. The molecule has 1 atom stereocenters. The van der Waals surface area contributed by atoms with Crippen molar-refractivity contribution < 1.29 is 14.3 Å². The molecule has 24 heavy (non-hydrogen) atoms. The van der Waals surface area contributed by atoms with Crippen molar-refractivity contribution in [2.24, 2.45) is 11.8 Å². The standard InChI is InChI=1S/C20H21NO3/c1-23-18-11-17-15(10-19(18)24-12-14-2-3-14)9-16(20(17)22)8-13-4-6-21-7-5-13/h4-7,10-11,14,16H,2-3,8-9,12H2,1H3. The van der Waals surface area contributed by atoms with Crippen molar-refractivity contribution in [1.82, 2.24) is 4.98 Å². The highest BCUT2D eigenvalue weighted by Gasteiger charge is 2.32. The van der Waals surface area contributed by atoms with Crippen molar-refractivity contribution in [3.63, 3.8) is 0 Å². The van der Waals surface area contributed by atoms with Gasteiger partial charge in [-0.15, -0.1) is 0 Å². The number of Topliss-reactive ketones (excluding diaryl/α,β-unsaturated/α-hetero) is 1. The second-order valence-corrected chi connectivity index (χ2v) is 6.74. The molecule has 2 aliphatic carbocycles. The Morgan fingerprint density at radius 3 is 2.67 bits per heavy atom. The third-order valence-corrected chi connectivity index (χ3v) is 4.89. The zero-order chi connectivity index (χ0) is 16.5. The van der Waals surface area contributed by atoms with Gasteiger partial charge in [0.05, 0.1) is 13.7 Å². The summed E-state index contributed by atoms with van der Waals surface area (Å²) in [4.78, 5) is 16.8. The van der Waals surface area contributed by atoms with E-state index in [9.17, 15) is 4.79 Å². The smallest absolute Gasteiger partial charge is 0.167 e. The van der Waals surface area contributed by atoms with Crippen LogP contribution in [0.3, 0.4) is 0 Å². The number of nitrogens with zero attached hydrogens (tertiary/aromatic N) is 1. The Hall–Kier alpha value is -2.36. The first-order valence-electron chi connectivity index (χ1n) is 8.51. The fraction of sp³-hybridized carbons (Fsp3) is 0.400. The number of methoxy groups -OCH3 is 1. The second-order valence-electron chi connectivity index (χ2n) is 6.74. The average Bonchev–Trinajstić information content (AvgIpc) is 3.39. The van der Waals surface area contributed by atoms with Gasteiger partial charge in [0.2, 0.25) is 0 Å². The number of hydrogen-bond donors (Lipinski definition) is 0. The third kappa shape index (κ3) is 3.01. The van der Waals surface area contributed by atoms with E-state index in [1.807, 2.05) is 24.3 Å². The van der Waals surface area contributed by atoms with Gasteiger partial charge in [-0.1, -0.05) is 0 Å². The number of rotatable bonds is 6. The van der Waals surface area contributed by atoms with Crippen LogP contribution in [0.1, 0.15) is 34.3 Å². The number of pyridine rings is 1. The first-order chi connectivity index (χ1) is 11.7. The number of carbonyl (C=O) groups excluding carboxylic acids is 1. The van der Waals surface area contributed by atoms with Crippen LogP contribution in [0.15, 0.2) is 36.7 Å². The Morgan fingerprint density at radius 1 is 1.17 bits per heavy atom.